The summed E-state index contributed by atoms with van der Waals surface area (Å²) in [6, 6.07) is 12.3. The maximum Gasteiger partial charge on any atom is 0.259 e. The Morgan fingerprint density at radius 3 is 2.32 bits per heavy atom. The number of ether oxygens (including phenoxy) is 1. The highest BCUT2D eigenvalue weighted by atomic mass is 35.5. The monoisotopic (exact) mass is 422 g/mol. The highest BCUT2D eigenvalue weighted by Crippen LogP contribution is 2.28. The number of nitrogens with zero attached hydrogens (tertiary/aromatic N) is 1. The van der Waals surface area contributed by atoms with Crippen molar-refractivity contribution in [2.45, 2.75) is 25.8 Å². The Balaban J connectivity index is 2.12. The van der Waals surface area contributed by atoms with Crippen molar-refractivity contribution in [3.63, 3.8) is 0 Å². The van der Waals surface area contributed by atoms with E-state index in [2.05, 4.69) is 5.32 Å². The fraction of sp³-hybridized carbons (Fsp3) is 0.333. The molecule has 2 aromatic rings. The smallest absolute Gasteiger partial charge is 0.259 e. The number of benzene rings is 2. The van der Waals surface area contributed by atoms with Crippen LogP contribution in [0.25, 0.3) is 0 Å². The Kier molecular flexibility index (Phi) is 8.15. The van der Waals surface area contributed by atoms with Gasteiger partial charge < -0.3 is 15.0 Å². The second-order valence-corrected chi connectivity index (χ2v) is 7.33. The number of amides is 2. The van der Waals surface area contributed by atoms with Gasteiger partial charge in [0, 0.05) is 29.7 Å². The molecule has 2 aromatic carbocycles. The molecular formula is C21H24Cl2N2O3. The van der Waals surface area contributed by atoms with Crippen LogP contribution in [0.5, 0.6) is 5.75 Å². The van der Waals surface area contributed by atoms with Gasteiger partial charge in [0.05, 0.1) is 12.5 Å². The van der Waals surface area contributed by atoms with Gasteiger partial charge in [0.25, 0.3) is 5.91 Å². The molecule has 7 heteroatoms. The van der Waals surface area contributed by atoms with Gasteiger partial charge in [-0.1, -0.05) is 54.4 Å². The molecule has 28 heavy (non-hydrogen) atoms. The highest BCUT2D eigenvalue weighted by Gasteiger charge is 2.19. The summed E-state index contributed by atoms with van der Waals surface area (Å²) in [5.41, 5.74) is 1.41. The molecule has 1 N–H and O–H groups in total. The zero-order valence-corrected chi connectivity index (χ0v) is 17.7. The Hall–Kier alpha value is -2.24. The number of carbonyl (C=O) groups excluding carboxylic acids is 2. The van der Waals surface area contributed by atoms with E-state index in [9.17, 15) is 9.59 Å². The average molecular weight is 423 g/mol. The Bertz CT molecular complexity index is 820. The van der Waals surface area contributed by atoms with Crippen molar-refractivity contribution in [1.29, 1.82) is 0 Å². The van der Waals surface area contributed by atoms with Crippen LogP contribution in [-0.4, -0.2) is 37.4 Å². The maximum atomic E-state index is 12.6. The molecule has 0 bridgehead atoms. The molecule has 0 aliphatic carbocycles. The summed E-state index contributed by atoms with van der Waals surface area (Å²) >= 11 is 12.3. The van der Waals surface area contributed by atoms with Crippen molar-refractivity contribution in [2.24, 2.45) is 0 Å². The lowest BCUT2D eigenvalue weighted by atomic mass is 10.0. The molecule has 0 heterocycles. The summed E-state index contributed by atoms with van der Waals surface area (Å²) in [5.74, 6) is 0.238. The van der Waals surface area contributed by atoms with E-state index >= 15 is 0 Å². The Morgan fingerprint density at radius 2 is 1.71 bits per heavy atom. The lowest BCUT2D eigenvalue weighted by Crippen LogP contribution is -2.31. The maximum absolute atomic E-state index is 12.6. The van der Waals surface area contributed by atoms with Crippen LogP contribution in [0, 0.1) is 0 Å². The highest BCUT2D eigenvalue weighted by molar-refractivity contribution is 6.36. The molecule has 0 spiro atoms. The van der Waals surface area contributed by atoms with Crippen molar-refractivity contribution < 1.29 is 14.3 Å². The number of para-hydroxylation sites is 1. The van der Waals surface area contributed by atoms with Crippen LogP contribution in [0.1, 0.15) is 30.5 Å². The topological polar surface area (TPSA) is 58.6 Å². The second-order valence-electron chi connectivity index (χ2n) is 6.52. The number of likely N-dealkylation sites (N-methyl/N-ethyl adjacent to an activating group) is 1. The predicted octanol–water partition coefficient (Wildman–Crippen LogP) is 4.27. The number of nitrogens with one attached hydrogen (secondary N) is 1. The summed E-state index contributed by atoms with van der Waals surface area (Å²) in [6.45, 7) is 1.90. The fourth-order valence-corrected chi connectivity index (χ4v) is 3.21. The van der Waals surface area contributed by atoms with Crippen LogP contribution >= 0.6 is 23.2 Å². The lowest BCUT2D eigenvalue weighted by Gasteiger charge is -2.21. The quantitative estimate of drug-likeness (QED) is 0.690. The summed E-state index contributed by atoms with van der Waals surface area (Å²) in [4.78, 5) is 25.9. The zero-order chi connectivity index (χ0) is 20.7. The van der Waals surface area contributed by atoms with Crippen molar-refractivity contribution in [3.05, 3.63) is 63.6 Å². The van der Waals surface area contributed by atoms with E-state index in [-0.39, 0.29) is 30.9 Å². The Labute approximate surface area is 175 Å². The predicted molar refractivity (Wildman–Crippen MR) is 112 cm³/mol. The molecule has 0 fully saturated rings. The van der Waals surface area contributed by atoms with Gasteiger partial charge in [-0.25, -0.2) is 0 Å². The molecular weight excluding hydrogens is 399 g/mol. The molecule has 0 saturated carbocycles. The fourth-order valence-electron chi connectivity index (χ4n) is 2.68. The number of rotatable bonds is 8. The van der Waals surface area contributed by atoms with Gasteiger partial charge in [-0.2, -0.15) is 0 Å². The minimum Gasteiger partial charge on any atom is -0.483 e. The molecule has 1 atom stereocenters. The molecule has 150 valence electrons. The van der Waals surface area contributed by atoms with Crippen molar-refractivity contribution in [2.75, 3.05) is 20.7 Å². The normalized spacial score (nSPS) is 11.6. The summed E-state index contributed by atoms with van der Waals surface area (Å²) in [6.07, 6.45) is 0.737. The van der Waals surface area contributed by atoms with Gasteiger partial charge in [-0.3, -0.25) is 9.59 Å². The van der Waals surface area contributed by atoms with Gasteiger partial charge in [0.2, 0.25) is 5.91 Å². The van der Waals surface area contributed by atoms with E-state index < -0.39 is 0 Å². The van der Waals surface area contributed by atoms with Crippen molar-refractivity contribution >= 4 is 35.0 Å². The first-order valence-electron chi connectivity index (χ1n) is 8.97. The van der Waals surface area contributed by atoms with E-state index in [0.29, 0.717) is 27.8 Å². The zero-order valence-electron chi connectivity index (χ0n) is 16.2. The summed E-state index contributed by atoms with van der Waals surface area (Å²) < 4.78 is 5.70. The standard InChI is InChI=1S/C21H24Cl2N2O3/c1-4-18(24-20(26)12-15-16(22)9-7-10-17(15)23)14-8-5-6-11-19(14)28-13-21(27)25(2)3/h5-11,18H,4,12-13H2,1-3H3,(H,24,26). The van der Waals surface area contributed by atoms with Crippen molar-refractivity contribution in [3.8, 4) is 5.75 Å². The summed E-state index contributed by atoms with van der Waals surface area (Å²) in [5, 5.41) is 3.92. The van der Waals surface area contributed by atoms with Gasteiger partial charge in [-0.15, -0.1) is 0 Å². The van der Waals surface area contributed by atoms with Crippen LogP contribution in [0.4, 0.5) is 0 Å². The molecule has 0 saturated heterocycles. The van der Waals surface area contributed by atoms with E-state index in [1.807, 2.05) is 25.1 Å². The lowest BCUT2D eigenvalue weighted by molar-refractivity contribution is -0.130. The van der Waals surface area contributed by atoms with Crippen molar-refractivity contribution in [1.82, 2.24) is 10.2 Å². The third kappa shape index (κ3) is 5.88. The first-order chi connectivity index (χ1) is 13.3. The van der Waals surface area contributed by atoms with Gasteiger partial charge in [-0.05, 0) is 30.2 Å². The largest absolute Gasteiger partial charge is 0.483 e. The number of carbonyl (C=O) groups is 2. The van der Waals surface area contributed by atoms with Gasteiger partial charge in [0.1, 0.15) is 5.75 Å². The third-order valence-electron chi connectivity index (χ3n) is 4.29. The third-order valence-corrected chi connectivity index (χ3v) is 5.00. The second kappa shape index (κ2) is 10.3. The van der Waals surface area contributed by atoms with Gasteiger partial charge >= 0.3 is 0 Å². The molecule has 0 radical (unpaired) electrons. The number of halogens is 2. The minimum absolute atomic E-state index is 0.0658. The first kappa shape index (κ1) is 22.1. The van der Waals surface area contributed by atoms with Crippen LogP contribution < -0.4 is 10.1 Å². The van der Waals surface area contributed by atoms with E-state index in [1.165, 1.54) is 4.90 Å². The molecule has 1 unspecified atom stereocenters. The molecule has 5 nitrogen and oxygen atoms in total. The Morgan fingerprint density at radius 1 is 1.07 bits per heavy atom. The molecule has 2 rings (SSSR count). The summed E-state index contributed by atoms with van der Waals surface area (Å²) in [7, 11) is 3.35. The minimum atomic E-state index is -0.264. The average Bonchev–Trinajstić information content (AvgIpc) is 2.67. The van der Waals surface area contributed by atoms with Crippen LogP contribution in [0.2, 0.25) is 10.0 Å². The molecule has 0 aliphatic rings. The number of hydrogen-bond acceptors (Lipinski definition) is 3. The first-order valence-corrected chi connectivity index (χ1v) is 9.73. The molecule has 0 aromatic heterocycles. The van der Waals surface area contributed by atoms with Crippen LogP contribution in [0.3, 0.4) is 0 Å². The van der Waals surface area contributed by atoms with E-state index in [1.54, 1.807) is 38.4 Å². The number of hydrogen-bond donors (Lipinski definition) is 1. The SMILES string of the molecule is CCC(NC(=O)Cc1c(Cl)cccc1Cl)c1ccccc1OCC(=O)N(C)C. The van der Waals surface area contributed by atoms with Gasteiger partial charge in [0.15, 0.2) is 6.61 Å². The molecule has 0 aliphatic heterocycles. The molecule has 2 amide bonds. The van der Waals surface area contributed by atoms with E-state index in [4.69, 9.17) is 27.9 Å². The van der Waals surface area contributed by atoms with Crippen LogP contribution in [0.15, 0.2) is 42.5 Å². The van der Waals surface area contributed by atoms with E-state index in [0.717, 1.165) is 5.56 Å². The van der Waals surface area contributed by atoms with Crippen LogP contribution in [-0.2, 0) is 16.0 Å².